The van der Waals surface area contributed by atoms with Crippen molar-refractivity contribution in [3.8, 4) is 11.5 Å². The first-order valence-electron chi connectivity index (χ1n) is 9.09. The number of carboxylic acid groups (broad SMARTS) is 1. The number of carbonyl (C=O) groups is 1. The minimum atomic E-state index is -0.922. The van der Waals surface area contributed by atoms with Crippen molar-refractivity contribution in [2.24, 2.45) is 5.41 Å². The number of fused-ring (bicyclic) bond motifs is 1. The van der Waals surface area contributed by atoms with Crippen LogP contribution in [0.3, 0.4) is 0 Å². The lowest BCUT2D eigenvalue weighted by Crippen LogP contribution is -2.22. The third-order valence-electron chi connectivity index (χ3n) is 4.86. The van der Waals surface area contributed by atoms with Gasteiger partial charge in [-0.25, -0.2) is 4.79 Å². The average molecular weight is 370 g/mol. The van der Waals surface area contributed by atoms with Gasteiger partial charge in [-0.3, -0.25) is 0 Å². The summed E-state index contributed by atoms with van der Waals surface area (Å²) in [7, 11) is 1.66. The van der Waals surface area contributed by atoms with Gasteiger partial charge in [0.05, 0.1) is 32.5 Å². The van der Waals surface area contributed by atoms with Crippen LogP contribution in [0.25, 0.3) is 0 Å². The SMILES string of the molecule is COc1ccc2c(c1)C(COCc1ccc(C(=O)O)cc1)CC(C)(C)CO2. The van der Waals surface area contributed by atoms with Crippen LogP contribution < -0.4 is 9.47 Å². The van der Waals surface area contributed by atoms with Crippen LogP contribution in [0.4, 0.5) is 0 Å². The number of hydrogen-bond donors (Lipinski definition) is 1. The third-order valence-corrected chi connectivity index (χ3v) is 4.86. The molecule has 0 fully saturated rings. The van der Waals surface area contributed by atoms with E-state index < -0.39 is 5.97 Å². The summed E-state index contributed by atoms with van der Waals surface area (Å²) in [6.07, 6.45) is 0.950. The highest BCUT2D eigenvalue weighted by atomic mass is 16.5. The van der Waals surface area contributed by atoms with Gasteiger partial charge in [0.25, 0.3) is 0 Å². The van der Waals surface area contributed by atoms with Crippen molar-refractivity contribution in [2.45, 2.75) is 32.8 Å². The fourth-order valence-corrected chi connectivity index (χ4v) is 3.42. The molecule has 27 heavy (non-hydrogen) atoms. The van der Waals surface area contributed by atoms with Crippen LogP contribution in [0, 0.1) is 5.41 Å². The Hall–Kier alpha value is -2.53. The summed E-state index contributed by atoms with van der Waals surface area (Å²) < 4.78 is 17.4. The molecule has 1 aliphatic heterocycles. The monoisotopic (exact) mass is 370 g/mol. The molecule has 3 rings (SSSR count). The molecule has 0 saturated heterocycles. The molecule has 0 amide bonds. The molecule has 1 aliphatic rings. The number of rotatable bonds is 6. The first-order valence-corrected chi connectivity index (χ1v) is 9.09. The maximum absolute atomic E-state index is 10.9. The van der Waals surface area contributed by atoms with Crippen molar-refractivity contribution in [1.29, 1.82) is 0 Å². The van der Waals surface area contributed by atoms with E-state index in [1.165, 1.54) is 0 Å². The van der Waals surface area contributed by atoms with Gasteiger partial charge in [0.2, 0.25) is 0 Å². The summed E-state index contributed by atoms with van der Waals surface area (Å²) in [5, 5.41) is 8.98. The lowest BCUT2D eigenvalue weighted by Gasteiger charge is -2.25. The second-order valence-corrected chi connectivity index (χ2v) is 7.77. The van der Waals surface area contributed by atoms with Gasteiger partial charge < -0.3 is 19.3 Å². The Labute approximate surface area is 159 Å². The van der Waals surface area contributed by atoms with E-state index in [1.807, 2.05) is 18.2 Å². The Bertz CT molecular complexity index is 795. The molecule has 0 spiro atoms. The Morgan fingerprint density at radius 3 is 2.63 bits per heavy atom. The third kappa shape index (κ3) is 4.80. The molecule has 0 saturated carbocycles. The Morgan fingerprint density at radius 2 is 1.96 bits per heavy atom. The first-order chi connectivity index (χ1) is 12.9. The Morgan fingerprint density at radius 1 is 1.22 bits per heavy atom. The molecule has 5 nitrogen and oxygen atoms in total. The molecule has 0 bridgehead atoms. The average Bonchev–Trinajstić information content (AvgIpc) is 2.78. The molecular formula is C22H26O5. The normalized spacial score (nSPS) is 18.1. The minimum Gasteiger partial charge on any atom is -0.497 e. The van der Waals surface area contributed by atoms with E-state index in [-0.39, 0.29) is 16.9 Å². The highest BCUT2D eigenvalue weighted by Gasteiger charge is 2.31. The van der Waals surface area contributed by atoms with E-state index in [9.17, 15) is 4.79 Å². The van der Waals surface area contributed by atoms with E-state index in [0.29, 0.717) is 19.8 Å². The van der Waals surface area contributed by atoms with Gasteiger partial charge in [0, 0.05) is 11.5 Å². The highest BCUT2D eigenvalue weighted by molar-refractivity contribution is 5.87. The molecule has 1 atom stereocenters. The number of aromatic carboxylic acids is 1. The van der Waals surface area contributed by atoms with Crippen molar-refractivity contribution in [3.63, 3.8) is 0 Å². The lowest BCUT2D eigenvalue weighted by atomic mass is 9.81. The van der Waals surface area contributed by atoms with Crippen molar-refractivity contribution >= 4 is 5.97 Å². The number of benzene rings is 2. The topological polar surface area (TPSA) is 65.0 Å². The summed E-state index contributed by atoms with van der Waals surface area (Å²) in [6.45, 7) is 6.07. The van der Waals surface area contributed by atoms with Crippen LogP contribution in [-0.4, -0.2) is 31.4 Å². The van der Waals surface area contributed by atoms with Crippen LogP contribution in [0.15, 0.2) is 42.5 Å². The second-order valence-electron chi connectivity index (χ2n) is 7.77. The van der Waals surface area contributed by atoms with E-state index in [0.717, 1.165) is 29.0 Å². The second kappa shape index (κ2) is 8.01. The lowest BCUT2D eigenvalue weighted by molar-refractivity contribution is 0.0696. The van der Waals surface area contributed by atoms with E-state index in [1.54, 1.807) is 31.4 Å². The smallest absolute Gasteiger partial charge is 0.335 e. The predicted molar refractivity (Wildman–Crippen MR) is 103 cm³/mol. The summed E-state index contributed by atoms with van der Waals surface area (Å²) in [4.78, 5) is 10.9. The molecule has 0 aliphatic carbocycles. The maximum Gasteiger partial charge on any atom is 0.335 e. The Balaban J connectivity index is 1.71. The molecule has 144 valence electrons. The summed E-state index contributed by atoms with van der Waals surface area (Å²) >= 11 is 0. The van der Waals surface area contributed by atoms with E-state index in [4.69, 9.17) is 19.3 Å². The standard InChI is InChI=1S/C22H26O5/c1-22(2)11-17(19-10-18(25-3)8-9-20(19)27-14-22)13-26-12-15-4-6-16(7-5-15)21(23)24/h4-10,17H,11-14H2,1-3H3,(H,23,24). The zero-order chi connectivity index (χ0) is 19.4. The van der Waals surface area contributed by atoms with Crippen molar-refractivity contribution in [1.82, 2.24) is 0 Å². The molecule has 0 radical (unpaired) electrons. The summed E-state index contributed by atoms with van der Waals surface area (Å²) in [6, 6.07) is 12.7. The Kier molecular flexibility index (Phi) is 5.71. The van der Waals surface area contributed by atoms with Gasteiger partial charge in [-0.05, 0) is 47.7 Å². The van der Waals surface area contributed by atoms with Crippen LogP contribution in [0.2, 0.25) is 0 Å². The number of carboxylic acids is 1. The van der Waals surface area contributed by atoms with Crippen LogP contribution in [-0.2, 0) is 11.3 Å². The molecular weight excluding hydrogens is 344 g/mol. The van der Waals surface area contributed by atoms with Gasteiger partial charge in [-0.15, -0.1) is 0 Å². The van der Waals surface area contributed by atoms with E-state index >= 15 is 0 Å². The fourth-order valence-electron chi connectivity index (χ4n) is 3.42. The quantitative estimate of drug-likeness (QED) is 0.811. The van der Waals surface area contributed by atoms with Crippen molar-refractivity contribution < 1.29 is 24.1 Å². The van der Waals surface area contributed by atoms with E-state index in [2.05, 4.69) is 13.8 Å². The van der Waals surface area contributed by atoms with Crippen molar-refractivity contribution in [3.05, 3.63) is 59.2 Å². The molecule has 2 aromatic carbocycles. The molecule has 5 heteroatoms. The van der Waals surface area contributed by atoms with Crippen molar-refractivity contribution in [2.75, 3.05) is 20.3 Å². The molecule has 2 aromatic rings. The number of ether oxygens (including phenoxy) is 3. The summed E-state index contributed by atoms with van der Waals surface area (Å²) in [5.41, 5.74) is 2.39. The first kappa shape index (κ1) is 19.2. The molecule has 1 unspecified atom stereocenters. The van der Waals surface area contributed by atoms with Gasteiger partial charge >= 0.3 is 5.97 Å². The van der Waals surface area contributed by atoms with Gasteiger partial charge in [-0.1, -0.05) is 26.0 Å². The maximum atomic E-state index is 10.9. The highest BCUT2D eigenvalue weighted by Crippen LogP contribution is 2.41. The predicted octanol–water partition coefficient (Wildman–Crippen LogP) is 4.50. The number of methoxy groups -OCH3 is 1. The van der Waals surface area contributed by atoms with Gasteiger partial charge in [-0.2, -0.15) is 0 Å². The molecule has 1 heterocycles. The zero-order valence-electron chi connectivity index (χ0n) is 16.0. The summed E-state index contributed by atoms with van der Waals surface area (Å²) in [5.74, 6) is 0.978. The molecule has 0 aromatic heterocycles. The van der Waals surface area contributed by atoms with Gasteiger partial charge in [0.15, 0.2) is 0 Å². The van der Waals surface area contributed by atoms with Gasteiger partial charge in [0.1, 0.15) is 11.5 Å². The van der Waals surface area contributed by atoms with Crippen LogP contribution >= 0.6 is 0 Å². The zero-order valence-corrected chi connectivity index (χ0v) is 16.0. The fraction of sp³-hybridized carbons (Fsp3) is 0.409. The van der Waals surface area contributed by atoms with Crippen LogP contribution in [0.1, 0.15) is 47.7 Å². The number of hydrogen-bond acceptors (Lipinski definition) is 4. The van der Waals surface area contributed by atoms with Crippen LogP contribution in [0.5, 0.6) is 11.5 Å². The largest absolute Gasteiger partial charge is 0.497 e. The minimum absolute atomic E-state index is 0.0451. The molecule has 1 N–H and O–H groups in total.